The van der Waals surface area contributed by atoms with Gasteiger partial charge in [0.2, 0.25) is 0 Å². The van der Waals surface area contributed by atoms with Crippen molar-refractivity contribution in [3.8, 4) is 0 Å². The number of nitrogens with zero attached hydrogens (tertiary/aromatic N) is 1. The summed E-state index contributed by atoms with van der Waals surface area (Å²) in [7, 11) is 0. The van der Waals surface area contributed by atoms with E-state index in [-0.39, 0.29) is 5.54 Å². The van der Waals surface area contributed by atoms with Crippen LogP contribution in [0.4, 0.5) is 5.69 Å². The standard InChI is InChI=1S/C17H27BrN2/c1-5-14-7-6-10-20(14)15-9-8-13(16(18)11-15)12-19-17(2,3)4/h8-9,11,14,19H,5-7,10,12H2,1-4H3. The van der Waals surface area contributed by atoms with Gasteiger partial charge in [-0.25, -0.2) is 0 Å². The number of halogens is 1. The zero-order chi connectivity index (χ0) is 14.8. The zero-order valence-corrected chi connectivity index (χ0v) is 14.8. The van der Waals surface area contributed by atoms with Gasteiger partial charge in [0, 0.05) is 34.8 Å². The van der Waals surface area contributed by atoms with E-state index in [0.29, 0.717) is 0 Å². The highest BCUT2D eigenvalue weighted by atomic mass is 79.9. The largest absolute Gasteiger partial charge is 0.369 e. The van der Waals surface area contributed by atoms with E-state index in [0.717, 1.165) is 12.6 Å². The summed E-state index contributed by atoms with van der Waals surface area (Å²) >= 11 is 3.74. The van der Waals surface area contributed by atoms with Crippen LogP contribution in [0.5, 0.6) is 0 Å². The fraction of sp³-hybridized carbons (Fsp3) is 0.647. The Balaban J connectivity index is 2.09. The molecule has 3 heteroatoms. The van der Waals surface area contributed by atoms with Crippen molar-refractivity contribution in [1.29, 1.82) is 0 Å². The maximum absolute atomic E-state index is 3.74. The molecule has 2 nitrogen and oxygen atoms in total. The average Bonchev–Trinajstić information content (AvgIpc) is 2.84. The molecule has 20 heavy (non-hydrogen) atoms. The highest BCUT2D eigenvalue weighted by Crippen LogP contribution is 2.30. The first-order chi connectivity index (χ1) is 9.40. The van der Waals surface area contributed by atoms with E-state index in [1.165, 1.54) is 41.5 Å². The Morgan fingerprint density at radius 3 is 2.70 bits per heavy atom. The quantitative estimate of drug-likeness (QED) is 0.854. The summed E-state index contributed by atoms with van der Waals surface area (Å²) in [4.78, 5) is 2.56. The van der Waals surface area contributed by atoms with Gasteiger partial charge in [0.05, 0.1) is 0 Å². The minimum Gasteiger partial charge on any atom is -0.369 e. The summed E-state index contributed by atoms with van der Waals surface area (Å²) in [6, 6.07) is 7.54. The van der Waals surface area contributed by atoms with Gasteiger partial charge in [-0.1, -0.05) is 28.9 Å². The average molecular weight is 339 g/mol. The van der Waals surface area contributed by atoms with E-state index in [4.69, 9.17) is 0 Å². The maximum atomic E-state index is 3.74. The molecule has 0 amide bonds. The minimum absolute atomic E-state index is 0.153. The molecule has 0 radical (unpaired) electrons. The van der Waals surface area contributed by atoms with E-state index in [9.17, 15) is 0 Å². The third-order valence-corrected chi connectivity index (χ3v) is 4.76. The Labute approximate surface area is 132 Å². The third-order valence-electron chi connectivity index (χ3n) is 4.03. The van der Waals surface area contributed by atoms with Crippen LogP contribution in [0.1, 0.15) is 52.5 Å². The molecule has 1 unspecified atom stereocenters. The van der Waals surface area contributed by atoms with Crippen LogP contribution < -0.4 is 10.2 Å². The Morgan fingerprint density at radius 1 is 1.35 bits per heavy atom. The van der Waals surface area contributed by atoms with Gasteiger partial charge in [-0.15, -0.1) is 0 Å². The van der Waals surface area contributed by atoms with Crippen LogP contribution in [0.25, 0.3) is 0 Å². The molecule has 1 aromatic rings. The molecule has 2 rings (SSSR count). The SMILES string of the molecule is CCC1CCCN1c1ccc(CNC(C)(C)C)c(Br)c1. The lowest BCUT2D eigenvalue weighted by Crippen LogP contribution is -2.35. The molecule has 1 atom stereocenters. The molecule has 0 spiro atoms. The molecule has 0 aromatic heterocycles. The van der Waals surface area contributed by atoms with Crippen LogP contribution in [-0.2, 0) is 6.54 Å². The highest BCUT2D eigenvalue weighted by molar-refractivity contribution is 9.10. The van der Waals surface area contributed by atoms with E-state index in [1.54, 1.807) is 0 Å². The van der Waals surface area contributed by atoms with Gasteiger partial charge >= 0.3 is 0 Å². The second-order valence-corrected chi connectivity index (χ2v) is 7.63. The molecule has 1 N–H and O–H groups in total. The molecular weight excluding hydrogens is 312 g/mol. The van der Waals surface area contributed by atoms with Crippen molar-refractivity contribution >= 4 is 21.6 Å². The van der Waals surface area contributed by atoms with E-state index < -0.39 is 0 Å². The minimum atomic E-state index is 0.153. The van der Waals surface area contributed by atoms with Crippen LogP contribution in [0.15, 0.2) is 22.7 Å². The fourth-order valence-corrected chi connectivity index (χ4v) is 3.33. The van der Waals surface area contributed by atoms with Crippen molar-refractivity contribution in [3.05, 3.63) is 28.2 Å². The fourth-order valence-electron chi connectivity index (χ4n) is 2.82. The van der Waals surface area contributed by atoms with Crippen LogP contribution in [0.2, 0.25) is 0 Å². The summed E-state index contributed by atoms with van der Waals surface area (Å²) in [5.74, 6) is 0. The van der Waals surface area contributed by atoms with Crippen molar-refractivity contribution < 1.29 is 0 Å². The second-order valence-electron chi connectivity index (χ2n) is 6.78. The van der Waals surface area contributed by atoms with Gasteiger partial charge in [-0.05, 0) is 57.7 Å². The van der Waals surface area contributed by atoms with Gasteiger partial charge in [0.25, 0.3) is 0 Å². The highest BCUT2D eigenvalue weighted by Gasteiger charge is 2.23. The Kier molecular flexibility index (Phi) is 5.14. The molecule has 1 saturated heterocycles. The van der Waals surface area contributed by atoms with Crippen molar-refractivity contribution in [3.63, 3.8) is 0 Å². The summed E-state index contributed by atoms with van der Waals surface area (Å²) in [6.45, 7) is 11.0. The molecule has 1 aliphatic heterocycles. The monoisotopic (exact) mass is 338 g/mol. The summed E-state index contributed by atoms with van der Waals surface area (Å²) in [5.41, 5.74) is 2.84. The molecule has 112 valence electrons. The topological polar surface area (TPSA) is 15.3 Å². The Bertz CT molecular complexity index is 451. The normalized spacial score (nSPS) is 19.6. The first kappa shape index (κ1) is 15.8. The summed E-state index contributed by atoms with van der Waals surface area (Å²) < 4.78 is 1.22. The van der Waals surface area contributed by atoms with Gasteiger partial charge in [-0.2, -0.15) is 0 Å². The number of benzene rings is 1. The molecule has 1 aromatic carbocycles. The first-order valence-electron chi connectivity index (χ1n) is 7.71. The Hall–Kier alpha value is -0.540. The number of hydrogen-bond acceptors (Lipinski definition) is 2. The van der Waals surface area contributed by atoms with Crippen molar-refractivity contribution in [2.45, 2.75) is 65.1 Å². The smallest absolute Gasteiger partial charge is 0.0380 e. The molecule has 0 bridgehead atoms. The van der Waals surface area contributed by atoms with Crippen molar-refractivity contribution in [2.75, 3.05) is 11.4 Å². The number of nitrogens with one attached hydrogen (secondary N) is 1. The number of rotatable bonds is 4. The van der Waals surface area contributed by atoms with Gasteiger partial charge in [-0.3, -0.25) is 0 Å². The van der Waals surface area contributed by atoms with Crippen molar-refractivity contribution in [1.82, 2.24) is 5.32 Å². The van der Waals surface area contributed by atoms with E-state index >= 15 is 0 Å². The number of hydrogen-bond donors (Lipinski definition) is 1. The van der Waals surface area contributed by atoms with Gasteiger partial charge < -0.3 is 10.2 Å². The van der Waals surface area contributed by atoms with Crippen LogP contribution >= 0.6 is 15.9 Å². The molecule has 0 saturated carbocycles. The van der Waals surface area contributed by atoms with Gasteiger partial charge in [0.15, 0.2) is 0 Å². The molecule has 1 fully saturated rings. The lowest BCUT2D eigenvalue weighted by molar-refractivity contribution is 0.424. The first-order valence-corrected chi connectivity index (χ1v) is 8.50. The Morgan fingerprint density at radius 2 is 2.10 bits per heavy atom. The lowest BCUT2D eigenvalue weighted by atomic mass is 10.1. The van der Waals surface area contributed by atoms with E-state index in [2.05, 4.69) is 72.0 Å². The lowest BCUT2D eigenvalue weighted by Gasteiger charge is -2.27. The second kappa shape index (κ2) is 6.48. The summed E-state index contributed by atoms with van der Waals surface area (Å²) in [5, 5.41) is 3.54. The van der Waals surface area contributed by atoms with Crippen molar-refractivity contribution in [2.24, 2.45) is 0 Å². The van der Waals surface area contributed by atoms with E-state index in [1.807, 2.05) is 0 Å². The van der Waals surface area contributed by atoms with Crippen LogP contribution in [0, 0.1) is 0 Å². The van der Waals surface area contributed by atoms with Crippen LogP contribution in [-0.4, -0.2) is 18.1 Å². The number of anilines is 1. The summed E-state index contributed by atoms with van der Waals surface area (Å²) in [6.07, 6.45) is 3.90. The molecule has 0 aliphatic carbocycles. The third kappa shape index (κ3) is 3.98. The predicted octanol–water partition coefficient (Wildman–Crippen LogP) is 4.72. The molecule has 1 heterocycles. The maximum Gasteiger partial charge on any atom is 0.0380 e. The molecule has 1 aliphatic rings. The zero-order valence-electron chi connectivity index (χ0n) is 13.2. The van der Waals surface area contributed by atoms with Gasteiger partial charge in [0.1, 0.15) is 0 Å². The predicted molar refractivity (Wildman–Crippen MR) is 91.4 cm³/mol. The molecular formula is C17H27BrN2. The van der Waals surface area contributed by atoms with Crippen LogP contribution in [0.3, 0.4) is 0 Å².